The summed E-state index contributed by atoms with van der Waals surface area (Å²) in [4.78, 5) is 2.17. The molecule has 106 valence electrons. The molecule has 3 heteroatoms. The van der Waals surface area contributed by atoms with Crippen LogP contribution < -0.4 is 4.90 Å². The number of phenols is 2. The molecular formula is C17H21NO2. The molecule has 0 saturated carbocycles. The minimum absolute atomic E-state index is 0.109. The quantitative estimate of drug-likeness (QED) is 0.883. The van der Waals surface area contributed by atoms with Gasteiger partial charge in [0.1, 0.15) is 11.5 Å². The molecule has 2 rings (SSSR count). The first-order chi connectivity index (χ1) is 9.56. The fourth-order valence-corrected chi connectivity index (χ4v) is 2.66. The lowest BCUT2D eigenvalue weighted by atomic mass is 10.0. The highest BCUT2D eigenvalue weighted by molar-refractivity contribution is 5.57. The summed E-state index contributed by atoms with van der Waals surface area (Å²) in [6.45, 7) is 6.92. The molecule has 0 spiro atoms. The van der Waals surface area contributed by atoms with Gasteiger partial charge >= 0.3 is 0 Å². The number of hydrogen-bond donors (Lipinski definition) is 2. The Morgan fingerprint density at radius 2 is 1.60 bits per heavy atom. The van der Waals surface area contributed by atoms with Gasteiger partial charge in [-0.2, -0.15) is 0 Å². The Balaban J connectivity index is 2.45. The number of aromatic hydroxyl groups is 2. The highest BCUT2D eigenvalue weighted by Gasteiger charge is 2.21. The van der Waals surface area contributed by atoms with E-state index >= 15 is 0 Å². The SMILES string of the molecule is CCN(c1ccccc1C)C(C)c1c(O)cccc1O. The van der Waals surface area contributed by atoms with Crippen LogP contribution in [0, 0.1) is 6.92 Å². The van der Waals surface area contributed by atoms with Crippen molar-refractivity contribution in [3.8, 4) is 11.5 Å². The zero-order chi connectivity index (χ0) is 14.7. The zero-order valence-corrected chi connectivity index (χ0v) is 12.2. The van der Waals surface area contributed by atoms with E-state index in [1.54, 1.807) is 18.2 Å². The van der Waals surface area contributed by atoms with Crippen LogP contribution in [0.5, 0.6) is 11.5 Å². The van der Waals surface area contributed by atoms with Crippen molar-refractivity contribution in [1.82, 2.24) is 0 Å². The molecule has 0 amide bonds. The predicted molar refractivity (Wildman–Crippen MR) is 82.4 cm³/mol. The highest BCUT2D eigenvalue weighted by atomic mass is 16.3. The molecule has 1 unspecified atom stereocenters. The van der Waals surface area contributed by atoms with Gasteiger partial charge in [-0.05, 0) is 44.5 Å². The van der Waals surface area contributed by atoms with Gasteiger partial charge in [-0.15, -0.1) is 0 Å². The van der Waals surface area contributed by atoms with Gasteiger partial charge in [0, 0.05) is 12.2 Å². The maximum absolute atomic E-state index is 10.0. The fourth-order valence-electron chi connectivity index (χ4n) is 2.66. The first-order valence-electron chi connectivity index (χ1n) is 6.89. The standard InChI is InChI=1S/C17H21NO2/c1-4-18(14-9-6-5-8-12(14)2)13(3)17-15(19)10-7-11-16(17)20/h5-11,13,19-20H,4H2,1-3H3. The average molecular weight is 271 g/mol. The lowest BCUT2D eigenvalue weighted by Gasteiger charge is -2.32. The number of benzene rings is 2. The number of phenolic OH excluding ortho intramolecular Hbond substituents is 2. The van der Waals surface area contributed by atoms with Crippen molar-refractivity contribution < 1.29 is 10.2 Å². The smallest absolute Gasteiger partial charge is 0.124 e. The molecule has 20 heavy (non-hydrogen) atoms. The Kier molecular flexibility index (Phi) is 4.18. The van der Waals surface area contributed by atoms with E-state index in [9.17, 15) is 10.2 Å². The van der Waals surface area contributed by atoms with Crippen LogP contribution in [0.1, 0.15) is 31.0 Å². The second-order valence-corrected chi connectivity index (χ2v) is 4.96. The molecule has 0 heterocycles. The summed E-state index contributed by atoms with van der Waals surface area (Å²) in [5.41, 5.74) is 2.86. The van der Waals surface area contributed by atoms with Gasteiger partial charge in [0.2, 0.25) is 0 Å². The third-order valence-electron chi connectivity index (χ3n) is 3.71. The van der Waals surface area contributed by atoms with Gasteiger partial charge < -0.3 is 15.1 Å². The van der Waals surface area contributed by atoms with E-state index < -0.39 is 0 Å². The van der Waals surface area contributed by atoms with E-state index in [0.29, 0.717) is 5.56 Å². The molecule has 0 fully saturated rings. The van der Waals surface area contributed by atoms with E-state index in [-0.39, 0.29) is 17.5 Å². The summed E-state index contributed by atoms with van der Waals surface area (Å²) < 4.78 is 0. The summed E-state index contributed by atoms with van der Waals surface area (Å²) in [5, 5.41) is 20.1. The molecule has 0 saturated heterocycles. The minimum atomic E-state index is -0.109. The van der Waals surface area contributed by atoms with Gasteiger partial charge in [0.15, 0.2) is 0 Å². The lowest BCUT2D eigenvalue weighted by molar-refractivity contribution is 0.428. The number of hydrogen-bond acceptors (Lipinski definition) is 3. The maximum Gasteiger partial charge on any atom is 0.124 e. The summed E-state index contributed by atoms with van der Waals surface area (Å²) in [7, 11) is 0. The van der Waals surface area contributed by atoms with E-state index in [2.05, 4.69) is 30.9 Å². The Morgan fingerprint density at radius 3 is 2.15 bits per heavy atom. The van der Waals surface area contributed by atoms with Gasteiger partial charge in [-0.1, -0.05) is 24.3 Å². The summed E-state index contributed by atoms with van der Waals surface area (Å²) in [6, 6.07) is 12.9. The van der Waals surface area contributed by atoms with Crippen LogP contribution in [0.4, 0.5) is 5.69 Å². The summed E-state index contributed by atoms with van der Waals surface area (Å²) in [6.07, 6.45) is 0. The number of nitrogens with zero attached hydrogens (tertiary/aromatic N) is 1. The van der Waals surface area contributed by atoms with Crippen LogP contribution in [0.3, 0.4) is 0 Å². The van der Waals surface area contributed by atoms with E-state index in [0.717, 1.165) is 12.2 Å². The first kappa shape index (κ1) is 14.3. The predicted octanol–water partition coefficient (Wildman–Crippen LogP) is 3.99. The van der Waals surface area contributed by atoms with Crippen molar-refractivity contribution in [2.24, 2.45) is 0 Å². The van der Waals surface area contributed by atoms with Crippen LogP contribution in [0.2, 0.25) is 0 Å². The molecule has 0 aliphatic carbocycles. The maximum atomic E-state index is 10.0. The second kappa shape index (κ2) is 5.87. The van der Waals surface area contributed by atoms with Crippen LogP contribution >= 0.6 is 0 Å². The molecule has 2 aromatic carbocycles. The van der Waals surface area contributed by atoms with E-state index in [1.807, 2.05) is 19.1 Å². The van der Waals surface area contributed by atoms with Crippen LogP contribution in [0.15, 0.2) is 42.5 Å². The lowest BCUT2D eigenvalue weighted by Crippen LogP contribution is -2.27. The molecule has 1 atom stereocenters. The van der Waals surface area contributed by atoms with E-state index in [4.69, 9.17) is 0 Å². The Labute approximate surface area is 120 Å². The fraction of sp³-hybridized carbons (Fsp3) is 0.294. The molecule has 3 nitrogen and oxygen atoms in total. The monoisotopic (exact) mass is 271 g/mol. The van der Waals surface area contributed by atoms with E-state index in [1.165, 1.54) is 5.56 Å². The molecule has 0 radical (unpaired) electrons. The van der Waals surface area contributed by atoms with Crippen molar-refractivity contribution in [3.63, 3.8) is 0 Å². The molecule has 2 N–H and O–H groups in total. The number of para-hydroxylation sites is 1. The van der Waals surface area contributed by atoms with Crippen LogP contribution in [0.25, 0.3) is 0 Å². The minimum Gasteiger partial charge on any atom is -0.507 e. The number of rotatable bonds is 4. The van der Waals surface area contributed by atoms with Crippen LogP contribution in [-0.2, 0) is 0 Å². The van der Waals surface area contributed by atoms with Crippen molar-refractivity contribution in [2.75, 3.05) is 11.4 Å². The third-order valence-corrected chi connectivity index (χ3v) is 3.71. The van der Waals surface area contributed by atoms with Gasteiger partial charge in [0.25, 0.3) is 0 Å². The Hall–Kier alpha value is -2.16. The van der Waals surface area contributed by atoms with Gasteiger partial charge in [-0.25, -0.2) is 0 Å². The van der Waals surface area contributed by atoms with Crippen molar-refractivity contribution in [1.29, 1.82) is 0 Å². The first-order valence-corrected chi connectivity index (χ1v) is 6.89. The van der Waals surface area contributed by atoms with Crippen LogP contribution in [-0.4, -0.2) is 16.8 Å². The molecule has 0 aromatic heterocycles. The average Bonchev–Trinajstić information content (AvgIpc) is 2.41. The largest absolute Gasteiger partial charge is 0.507 e. The van der Waals surface area contributed by atoms with Gasteiger partial charge in [-0.3, -0.25) is 0 Å². The molecule has 2 aromatic rings. The second-order valence-electron chi connectivity index (χ2n) is 4.96. The Bertz CT molecular complexity index is 575. The molecule has 0 aliphatic heterocycles. The normalized spacial score (nSPS) is 12.2. The summed E-state index contributed by atoms with van der Waals surface area (Å²) >= 11 is 0. The number of anilines is 1. The number of aryl methyl sites for hydroxylation is 1. The van der Waals surface area contributed by atoms with Gasteiger partial charge in [0.05, 0.1) is 11.6 Å². The Morgan fingerprint density at radius 1 is 1.00 bits per heavy atom. The summed E-state index contributed by atoms with van der Waals surface area (Å²) in [5.74, 6) is 0.258. The van der Waals surface area contributed by atoms with Crippen molar-refractivity contribution in [3.05, 3.63) is 53.6 Å². The van der Waals surface area contributed by atoms with Crippen molar-refractivity contribution in [2.45, 2.75) is 26.8 Å². The van der Waals surface area contributed by atoms with Crippen molar-refractivity contribution >= 4 is 5.69 Å². The molecule has 0 bridgehead atoms. The molecule has 0 aliphatic rings. The molecular weight excluding hydrogens is 250 g/mol. The topological polar surface area (TPSA) is 43.7 Å². The third kappa shape index (κ3) is 2.57. The zero-order valence-electron chi connectivity index (χ0n) is 12.2. The highest BCUT2D eigenvalue weighted by Crippen LogP contribution is 2.38.